The highest BCUT2D eigenvalue weighted by Crippen LogP contribution is 2.36. The molecule has 1 saturated carbocycles. The number of hydrogen-bond acceptors (Lipinski definition) is 4. The van der Waals surface area contributed by atoms with Crippen molar-refractivity contribution < 1.29 is 31.2 Å². The first-order valence-corrected chi connectivity index (χ1v) is 15.0. The summed E-state index contributed by atoms with van der Waals surface area (Å²) >= 11 is 12.1. The molecule has 13 heteroatoms. The Balaban J connectivity index is 1.99. The number of sulfonamides is 1. The summed E-state index contributed by atoms with van der Waals surface area (Å²) in [5, 5.41) is 3.16. The van der Waals surface area contributed by atoms with E-state index in [-0.39, 0.29) is 29.9 Å². The molecule has 2 amide bonds. The zero-order valence-electron chi connectivity index (χ0n) is 21.5. The second-order valence-electron chi connectivity index (χ2n) is 9.50. The second-order valence-corrected chi connectivity index (χ2v) is 12.2. The van der Waals surface area contributed by atoms with Crippen molar-refractivity contribution in [1.29, 1.82) is 0 Å². The van der Waals surface area contributed by atoms with Gasteiger partial charge in [0, 0.05) is 17.6 Å². The molecule has 1 aliphatic rings. The van der Waals surface area contributed by atoms with Gasteiger partial charge in [-0.25, -0.2) is 8.42 Å². The molecule has 0 radical (unpaired) electrons. The van der Waals surface area contributed by atoms with E-state index in [4.69, 9.17) is 23.2 Å². The summed E-state index contributed by atoms with van der Waals surface area (Å²) in [7, 11) is -4.27. The average Bonchev–Trinajstić information content (AvgIpc) is 3.35. The Bertz CT molecular complexity index is 1280. The maximum Gasteiger partial charge on any atom is 0.416 e. The van der Waals surface area contributed by atoms with Crippen LogP contribution in [-0.4, -0.2) is 50.0 Å². The molecule has 3 rings (SSSR count). The minimum Gasteiger partial charge on any atom is -0.352 e. The lowest BCUT2D eigenvalue weighted by atomic mass is 10.1. The zero-order chi connectivity index (χ0) is 29.0. The molecule has 0 heterocycles. The van der Waals surface area contributed by atoms with Crippen LogP contribution in [0.3, 0.4) is 0 Å². The summed E-state index contributed by atoms with van der Waals surface area (Å²) in [5.74, 6) is -1.16. The molecule has 0 aromatic heterocycles. The molecule has 2 aromatic rings. The lowest BCUT2D eigenvalue weighted by Gasteiger charge is -2.33. The van der Waals surface area contributed by atoms with Crippen LogP contribution in [0, 0.1) is 0 Å². The van der Waals surface area contributed by atoms with E-state index < -0.39 is 45.9 Å². The smallest absolute Gasteiger partial charge is 0.352 e. The quantitative estimate of drug-likeness (QED) is 0.378. The molecule has 39 heavy (non-hydrogen) atoms. The number of amides is 2. The lowest BCUT2D eigenvalue weighted by Crippen LogP contribution is -2.53. The number of carbonyl (C=O) groups is 2. The Labute approximate surface area is 236 Å². The number of halogens is 5. The zero-order valence-corrected chi connectivity index (χ0v) is 23.8. The lowest BCUT2D eigenvalue weighted by molar-refractivity contribution is -0.140. The van der Waals surface area contributed by atoms with Crippen molar-refractivity contribution >= 4 is 50.7 Å². The largest absolute Gasteiger partial charge is 0.416 e. The van der Waals surface area contributed by atoms with Crippen molar-refractivity contribution in [3.8, 4) is 0 Å². The van der Waals surface area contributed by atoms with Crippen LogP contribution in [0.5, 0.6) is 0 Å². The number of hydrogen-bond donors (Lipinski definition) is 1. The number of rotatable bonds is 10. The van der Waals surface area contributed by atoms with Gasteiger partial charge in [-0.15, -0.1) is 0 Å². The standard InChI is InChI=1S/C26H30Cl2F3N3O4S/c1-3-22(25(36)32-20-6-4-5-7-20)33(15-17-8-11-19(27)12-9-17)24(35)16-34(39(2,37)38)23-14-18(26(29,30)31)10-13-21(23)28/h8-14,20,22H,3-7,15-16H2,1-2H3,(H,32,36)/t22-/m1/s1. The SMILES string of the molecule is CC[C@H](C(=O)NC1CCCC1)N(Cc1ccc(Cl)cc1)C(=O)CN(c1cc(C(F)(F)F)ccc1Cl)S(C)(=O)=O. The fourth-order valence-electron chi connectivity index (χ4n) is 4.55. The summed E-state index contributed by atoms with van der Waals surface area (Å²) < 4.78 is 66.1. The molecular formula is C26H30Cl2F3N3O4S. The van der Waals surface area contributed by atoms with Gasteiger partial charge in [0.05, 0.1) is 22.5 Å². The van der Waals surface area contributed by atoms with Crippen molar-refractivity contribution in [2.24, 2.45) is 0 Å². The van der Waals surface area contributed by atoms with Crippen LogP contribution in [0.25, 0.3) is 0 Å². The predicted molar refractivity (Wildman–Crippen MR) is 145 cm³/mol. The van der Waals surface area contributed by atoms with Crippen molar-refractivity contribution in [2.75, 3.05) is 17.1 Å². The predicted octanol–water partition coefficient (Wildman–Crippen LogP) is 5.64. The Morgan fingerprint density at radius 1 is 1.08 bits per heavy atom. The molecule has 0 bridgehead atoms. The van der Waals surface area contributed by atoms with Gasteiger partial charge in [-0.05, 0) is 55.2 Å². The third kappa shape index (κ3) is 8.25. The van der Waals surface area contributed by atoms with E-state index in [1.54, 1.807) is 31.2 Å². The van der Waals surface area contributed by atoms with Gasteiger partial charge in [-0.1, -0.05) is 55.1 Å². The van der Waals surface area contributed by atoms with Crippen LogP contribution in [0.15, 0.2) is 42.5 Å². The molecule has 2 aromatic carbocycles. The van der Waals surface area contributed by atoms with Crippen molar-refractivity contribution in [2.45, 2.75) is 63.8 Å². The highest BCUT2D eigenvalue weighted by molar-refractivity contribution is 7.92. The van der Waals surface area contributed by atoms with Crippen LogP contribution in [-0.2, 0) is 32.3 Å². The van der Waals surface area contributed by atoms with E-state index >= 15 is 0 Å². The molecule has 0 spiro atoms. The van der Waals surface area contributed by atoms with Crippen LogP contribution in [0.4, 0.5) is 18.9 Å². The number of nitrogens with one attached hydrogen (secondary N) is 1. The molecule has 1 N–H and O–H groups in total. The summed E-state index contributed by atoms with van der Waals surface area (Å²) in [5.41, 5.74) is -0.983. The van der Waals surface area contributed by atoms with Gasteiger partial charge in [0.25, 0.3) is 0 Å². The van der Waals surface area contributed by atoms with Crippen molar-refractivity contribution in [1.82, 2.24) is 10.2 Å². The molecule has 0 saturated heterocycles. The minimum atomic E-state index is -4.77. The highest BCUT2D eigenvalue weighted by atomic mass is 35.5. The fraction of sp³-hybridized carbons (Fsp3) is 0.462. The first-order chi connectivity index (χ1) is 18.2. The third-order valence-electron chi connectivity index (χ3n) is 6.57. The van der Waals surface area contributed by atoms with Gasteiger partial charge in [0.1, 0.15) is 12.6 Å². The first-order valence-electron chi connectivity index (χ1n) is 12.4. The number of carbonyl (C=O) groups excluding carboxylic acids is 2. The summed E-state index contributed by atoms with van der Waals surface area (Å²) in [6.07, 6.45) is -0.163. The van der Waals surface area contributed by atoms with Gasteiger partial charge in [0.15, 0.2) is 0 Å². The molecule has 1 fully saturated rings. The summed E-state index contributed by atoms with van der Waals surface area (Å²) in [4.78, 5) is 28.3. The van der Waals surface area contributed by atoms with Crippen LogP contribution < -0.4 is 9.62 Å². The average molecular weight is 609 g/mol. The number of anilines is 1. The molecular weight excluding hydrogens is 578 g/mol. The Morgan fingerprint density at radius 2 is 1.69 bits per heavy atom. The molecule has 1 atom stereocenters. The van der Waals surface area contributed by atoms with Crippen molar-refractivity contribution in [3.63, 3.8) is 0 Å². The van der Waals surface area contributed by atoms with E-state index in [1.807, 2.05) is 0 Å². The Morgan fingerprint density at radius 3 is 2.23 bits per heavy atom. The maximum atomic E-state index is 13.7. The topological polar surface area (TPSA) is 86.8 Å². The maximum absolute atomic E-state index is 13.7. The van der Waals surface area contributed by atoms with Crippen LogP contribution in [0.1, 0.15) is 50.2 Å². The molecule has 214 valence electrons. The Hall–Kier alpha value is -2.50. The first kappa shape index (κ1) is 31.0. The van der Waals surface area contributed by atoms with Crippen molar-refractivity contribution in [3.05, 3.63) is 63.6 Å². The molecule has 0 unspecified atom stereocenters. The number of nitrogens with zero attached hydrogens (tertiary/aromatic N) is 2. The summed E-state index contributed by atoms with van der Waals surface area (Å²) in [6, 6.07) is 7.84. The number of benzene rings is 2. The normalized spacial score (nSPS) is 15.2. The Kier molecular flexibility index (Phi) is 10.2. The monoisotopic (exact) mass is 607 g/mol. The second kappa shape index (κ2) is 12.8. The van der Waals surface area contributed by atoms with Gasteiger partial charge in [0.2, 0.25) is 21.8 Å². The third-order valence-corrected chi connectivity index (χ3v) is 8.27. The number of alkyl halides is 3. The fourth-order valence-corrected chi connectivity index (χ4v) is 5.80. The minimum absolute atomic E-state index is 0.0181. The van der Waals surface area contributed by atoms with Gasteiger partial charge >= 0.3 is 6.18 Å². The molecule has 1 aliphatic carbocycles. The van der Waals surface area contributed by atoms with Gasteiger partial charge in [-0.2, -0.15) is 13.2 Å². The van der Waals surface area contributed by atoms with Gasteiger partial charge < -0.3 is 10.2 Å². The molecule has 7 nitrogen and oxygen atoms in total. The van der Waals surface area contributed by atoms with E-state index in [9.17, 15) is 31.2 Å². The van der Waals surface area contributed by atoms with E-state index in [1.165, 1.54) is 4.90 Å². The van der Waals surface area contributed by atoms with E-state index in [0.29, 0.717) is 21.0 Å². The molecule has 0 aliphatic heterocycles. The van der Waals surface area contributed by atoms with Gasteiger partial charge in [-0.3, -0.25) is 13.9 Å². The van der Waals surface area contributed by atoms with Crippen LogP contribution >= 0.6 is 23.2 Å². The van der Waals surface area contributed by atoms with E-state index in [0.717, 1.165) is 44.1 Å². The van der Waals surface area contributed by atoms with Crippen LogP contribution in [0.2, 0.25) is 10.0 Å². The highest BCUT2D eigenvalue weighted by Gasteiger charge is 2.35. The van der Waals surface area contributed by atoms with E-state index in [2.05, 4.69) is 5.32 Å². The summed E-state index contributed by atoms with van der Waals surface area (Å²) in [6.45, 7) is 0.806.